The van der Waals surface area contributed by atoms with Crippen molar-refractivity contribution in [3.05, 3.63) is 39.6 Å². The minimum atomic E-state index is -0.287. The molecule has 2 rings (SSSR count). The van der Waals surface area contributed by atoms with Crippen molar-refractivity contribution in [3.8, 4) is 11.3 Å². The number of nitrogens with zero attached hydrogens (tertiary/aromatic N) is 1. The molecule has 0 spiro atoms. The lowest BCUT2D eigenvalue weighted by Crippen LogP contribution is -2.29. The first-order valence-electron chi connectivity index (χ1n) is 6.86. The van der Waals surface area contributed by atoms with E-state index >= 15 is 0 Å². The Labute approximate surface area is 138 Å². The predicted molar refractivity (Wildman–Crippen MR) is 87.3 cm³/mol. The van der Waals surface area contributed by atoms with Crippen LogP contribution < -0.4 is 11.1 Å². The summed E-state index contributed by atoms with van der Waals surface area (Å²) in [7, 11) is 0. The normalized spacial score (nSPS) is 12.2. The molecule has 7 heteroatoms. The van der Waals surface area contributed by atoms with E-state index in [1.54, 1.807) is 25.1 Å². The molecule has 5 nitrogen and oxygen atoms in total. The largest absolute Gasteiger partial charge is 0.360 e. The highest BCUT2D eigenvalue weighted by molar-refractivity contribution is 6.39. The van der Waals surface area contributed by atoms with Gasteiger partial charge in [-0.05, 0) is 32.4 Å². The quantitative estimate of drug-likeness (QED) is 0.872. The number of aromatic nitrogens is 1. The third-order valence-corrected chi connectivity index (χ3v) is 3.80. The van der Waals surface area contributed by atoms with E-state index in [0.29, 0.717) is 45.6 Å². The topological polar surface area (TPSA) is 81.2 Å². The second-order valence-electron chi connectivity index (χ2n) is 5.08. The Kier molecular flexibility index (Phi) is 5.45. The standard InChI is InChI=1S/C15H17Cl2N3O2/c1-8(18)6-7-19-15(21)12-9(2)22-20-14(12)13-10(16)4-3-5-11(13)17/h3-5,8H,6-7,18H2,1-2H3,(H,19,21). The molecule has 0 saturated heterocycles. The molecule has 118 valence electrons. The van der Waals surface area contributed by atoms with Crippen molar-refractivity contribution in [2.75, 3.05) is 6.54 Å². The van der Waals surface area contributed by atoms with Gasteiger partial charge in [-0.1, -0.05) is 34.4 Å². The van der Waals surface area contributed by atoms with E-state index < -0.39 is 0 Å². The fraction of sp³-hybridized carbons (Fsp3) is 0.333. The summed E-state index contributed by atoms with van der Waals surface area (Å²) in [6.07, 6.45) is 0.679. The molecule has 0 fully saturated rings. The van der Waals surface area contributed by atoms with Crippen LogP contribution in [0, 0.1) is 6.92 Å². The SMILES string of the molecule is Cc1onc(-c2c(Cl)cccc2Cl)c1C(=O)NCCC(C)N. The Balaban J connectivity index is 2.34. The molecular formula is C15H17Cl2N3O2. The van der Waals surface area contributed by atoms with Crippen molar-refractivity contribution in [1.29, 1.82) is 0 Å². The average Bonchev–Trinajstić information content (AvgIpc) is 2.80. The van der Waals surface area contributed by atoms with Crippen molar-refractivity contribution in [2.45, 2.75) is 26.3 Å². The molecule has 3 N–H and O–H groups in total. The van der Waals surface area contributed by atoms with E-state index in [1.165, 1.54) is 0 Å². The molecular weight excluding hydrogens is 325 g/mol. The van der Waals surface area contributed by atoms with Crippen LogP contribution >= 0.6 is 23.2 Å². The first kappa shape index (κ1) is 16.8. The van der Waals surface area contributed by atoms with Gasteiger partial charge in [0.2, 0.25) is 0 Å². The van der Waals surface area contributed by atoms with Crippen LogP contribution in [0.2, 0.25) is 10.0 Å². The van der Waals surface area contributed by atoms with Crippen LogP contribution in [0.25, 0.3) is 11.3 Å². The lowest BCUT2D eigenvalue weighted by molar-refractivity contribution is 0.0952. The number of benzene rings is 1. The molecule has 1 atom stereocenters. The summed E-state index contributed by atoms with van der Waals surface area (Å²) in [6, 6.07) is 5.11. The van der Waals surface area contributed by atoms with Crippen LogP contribution in [-0.4, -0.2) is 23.7 Å². The number of nitrogens with one attached hydrogen (secondary N) is 1. The second-order valence-corrected chi connectivity index (χ2v) is 5.90. The molecule has 22 heavy (non-hydrogen) atoms. The van der Waals surface area contributed by atoms with Crippen LogP contribution in [-0.2, 0) is 0 Å². The molecule has 1 aromatic carbocycles. The zero-order chi connectivity index (χ0) is 16.3. The molecule has 0 aliphatic heterocycles. The number of carbonyl (C=O) groups is 1. The highest BCUT2D eigenvalue weighted by atomic mass is 35.5. The van der Waals surface area contributed by atoms with E-state index in [-0.39, 0.29) is 11.9 Å². The second kappa shape index (κ2) is 7.13. The van der Waals surface area contributed by atoms with Crippen molar-refractivity contribution in [2.24, 2.45) is 5.73 Å². The molecule has 1 amide bonds. The zero-order valence-corrected chi connectivity index (χ0v) is 13.8. The summed E-state index contributed by atoms with van der Waals surface area (Å²) in [5.74, 6) is 0.120. The van der Waals surface area contributed by atoms with Gasteiger partial charge in [-0.15, -0.1) is 0 Å². The van der Waals surface area contributed by atoms with Gasteiger partial charge in [-0.2, -0.15) is 0 Å². The van der Waals surface area contributed by atoms with Gasteiger partial charge in [0.1, 0.15) is 17.0 Å². The number of halogens is 2. The highest BCUT2D eigenvalue weighted by Gasteiger charge is 2.24. The van der Waals surface area contributed by atoms with Gasteiger partial charge < -0.3 is 15.6 Å². The Hall–Kier alpha value is -1.56. The smallest absolute Gasteiger partial charge is 0.257 e. The lowest BCUT2D eigenvalue weighted by Gasteiger charge is -2.09. The highest BCUT2D eigenvalue weighted by Crippen LogP contribution is 2.36. The fourth-order valence-electron chi connectivity index (χ4n) is 2.04. The summed E-state index contributed by atoms with van der Waals surface area (Å²) in [6.45, 7) is 4.02. The van der Waals surface area contributed by atoms with Crippen LogP contribution in [0.5, 0.6) is 0 Å². The monoisotopic (exact) mass is 341 g/mol. The number of carbonyl (C=O) groups excluding carboxylic acids is 1. The number of hydrogen-bond acceptors (Lipinski definition) is 4. The minimum absolute atomic E-state index is 0.0151. The van der Waals surface area contributed by atoms with Gasteiger partial charge in [0.15, 0.2) is 0 Å². The van der Waals surface area contributed by atoms with Crippen molar-refractivity contribution in [3.63, 3.8) is 0 Å². The molecule has 1 aromatic heterocycles. The third kappa shape index (κ3) is 3.61. The van der Waals surface area contributed by atoms with Gasteiger partial charge in [0.25, 0.3) is 5.91 Å². The summed E-state index contributed by atoms with van der Waals surface area (Å²) in [4.78, 5) is 12.4. The maximum Gasteiger partial charge on any atom is 0.257 e. The van der Waals surface area contributed by atoms with E-state index in [0.717, 1.165) is 0 Å². The maximum absolute atomic E-state index is 12.4. The molecule has 0 radical (unpaired) electrons. The number of hydrogen-bond donors (Lipinski definition) is 2. The minimum Gasteiger partial charge on any atom is -0.360 e. The molecule has 0 aliphatic carbocycles. The van der Waals surface area contributed by atoms with Gasteiger partial charge in [-0.25, -0.2) is 0 Å². The number of nitrogens with two attached hydrogens (primary N) is 1. The summed E-state index contributed by atoms with van der Waals surface area (Å²) < 4.78 is 5.16. The zero-order valence-electron chi connectivity index (χ0n) is 12.3. The van der Waals surface area contributed by atoms with Crippen LogP contribution in [0.1, 0.15) is 29.5 Å². The summed E-state index contributed by atoms with van der Waals surface area (Å²) in [5, 5.41) is 7.56. The number of aryl methyl sites for hydroxylation is 1. The van der Waals surface area contributed by atoms with Gasteiger partial charge >= 0.3 is 0 Å². The lowest BCUT2D eigenvalue weighted by atomic mass is 10.1. The van der Waals surface area contributed by atoms with Gasteiger partial charge in [0.05, 0.1) is 10.0 Å². The van der Waals surface area contributed by atoms with Crippen molar-refractivity contribution < 1.29 is 9.32 Å². The number of amides is 1. The Morgan fingerprint density at radius 2 is 2.05 bits per heavy atom. The molecule has 0 saturated carbocycles. The molecule has 1 unspecified atom stereocenters. The van der Waals surface area contributed by atoms with Crippen molar-refractivity contribution in [1.82, 2.24) is 10.5 Å². The molecule has 0 bridgehead atoms. The molecule has 1 heterocycles. The Morgan fingerprint density at radius 1 is 1.41 bits per heavy atom. The Morgan fingerprint density at radius 3 is 2.64 bits per heavy atom. The fourth-order valence-corrected chi connectivity index (χ4v) is 2.61. The van der Waals surface area contributed by atoms with Crippen LogP contribution in [0.4, 0.5) is 0 Å². The van der Waals surface area contributed by atoms with Crippen LogP contribution in [0.3, 0.4) is 0 Å². The van der Waals surface area contributed by atoms with Crippen LogP contribution in [0.15, 0.2) is 22.7 Å². The van der Waals surface area contributed by atoms with E-state index in [9.17, 15) is 4.79 Å². The Bertz CT molecular complexity index is 663. The first-order chi connectivity index (χ1) is 10.4. The third-order valence-electron chi connectivity index (χ3n) is 3.17. The summed E-state index contributed by atoms with van der Waals surface area (Å²) >= 11 is 12.4. The summed E-state index contributed by atoms with van der Waals surface area (Å²) in [5.41, 5.74) is 6.83. The average molecular weight is 342 g/mol. The van der Waals surface area contributed by atoms with Gasteiger partial charge in [-0.3, -0.25) is 4.79 Å². The maximum atomic E-state index is 12.4. The van der Waals surface area contributed by atoms with E-state index in [1.807, 2.05) is 6.92 Å². The van der Waals surface area contributed by atoms with E-state index in [4.69, 9.17) is 33.5 Å². The molecule has 2 aromatic rings. The van der Waals surface area contributed by atoms with Gasteiger partial charge in [0, 0.05) is 18.2 Å². The molecule has 0 aliphatic rings. The van der Waals surface area contributed by atoms with Crippen molar-refractivity contribution >= 4 is 29.1 Å². The number of rotatable bonds is 5. The first-order valence-corrected chi connectivity index (χ1v) is 7.61. The van der Waals surface area contributed by atoms with E-state index in [2.05, 4.69) is 10.5 Å². The predicted octanol–water partition coefficient (Wildman–Crippen LogP) is 3.42.